The third-order valence-electron chi connectivity index (χ3n) is 3.04. The first-order chi connectivity index (χ1) is 7.76. The normalized spacial score (nSPS) is 12.7. The van der Waals surface area contributed by atoms with Crippen LogP contribution in [-0.4, -0.2) is 11.2 Å². The average Bonchev–Trinajstić information content (AvgIpc) is 2.30. The molecule has 0 saturated heterocycles. The van der Waals surface area contributed by atoms with Crippen molar-refractivity contribution in [1.82, 2.24) is 0 Å². The molecule has 0 heterocycles. The summed E-state index contributed by atoms with van der Waals surface area (Å²) in [5.74, 6) is 0. The third-order valence-corrected chi connectivity index (χ3v) is 3.04. The second-order valence-corrected chi connectivity index (χ2v) is 4.52. The van der Waals surface area contributed by atoms with Crippen molar-refractivity contribution in [2.24, 2.45) is 0 Å². The van der Waals surface area contributed by atoms with Gasteiger partial charge in [-0.3, -0.25) is 0 Å². The highest BCUT2D eigenvalue weighted by atomic mass is 16.3. The van der Waals surface area contributed by atoms with E-state index < -0.39 is 0 Å². The van der Waals surface area contributed by atoms with Gasteiger partial charge in [0.15, 0.2) is 0 Å². The SMILES string of the molecule is CCCCCC(O)Cc1ccc(CC)cc1. The summed E-state index contributed by atoms with van der Waals surface area (Å²) in [4.78, 5) is 0. The van der Waals surface area contributed by atoms with Crippen molar-refractivity contribution in [2.75, 3.05) is 0 Å². The highest BCUT2D eigenvalue weighted by molar-refractivity contribution is 5.22. The largest absolute Gasteiger partial charge is 0.393 e. The van der Waals surface area contributed by atoms with E-state index in [1.165, 1.54) is 24.0 Å². The lowest BCUT2D eigenvalue weighted by Gasteiger charge is -2.10. The minimum atomic E-state index is -0.168. The van der Waals surface area contributed by atoms with Gasteiger partial charge >= 0.3 is 0 Å². The molecule has 1 rings (SSSR count). The lowest BCUT2D eigenvalue weighted by molar-refractivity contribution is 0.161. The summed E-state index contributed by atoms with van der Waals surface area (Å²) in [7, 11) is 0. The number of hydrogen-bond donors (Lipinski definition) is 1. The van der Waals surface area contributed by atoms with E-state index in [1.807, 2.05) is 0 Å². The molecular formula is C15H24O. The molecule has 0 fully saturated rings. The molecule has 1 heteroatoms. The standard InChI is InChI=1S/C15H24O/c1-3-5-6-7-15(16)12-14-10-8-13(4-2)9-11-14/h8-11,15-16H,3-7,12H2,1-2H3. The van der Waals surface area contributed by atoms with Crippen LogP contribution in [-0.2, 0) is 12.8 Å². The van der Waals surface area contributed by atoms with Gasteiger partial charge in [0.2, 0.25) is 0 Å². The van der Waals surface area contributed by atoms with Gasteiger partial charge in [-0.05, 0) is 30.4 Å². The van der Waals surface area contributed by atoms with Gasteiger partial charge in [-0.1, -0.05) is 57.4 Å². The van der Waals surface area contributed by atoms with Crippen molar-refractivity contribution >= 4 is 0 Å². The molecule has 0 spiro atoms. The quantitative estimate of drug-likeness (QED) is 0.694. The Kier molecular flexibility index (Phi) is 6.17. The Hall–Kier alpha value is -0.820. The molecule has 0 radical (unpaired) electrons. The number of benzene rings is 1. The molecule has 0 amide bonds. The van der Waals surface area contributed by atoms with Crippen molar-refractivity contribution in [3.05, 3.63) is 35.4 Å². The Morgan fingerprint density at radius 2 is 1.62 bits per heavy atom. The second kappa shape index (κ2) is 7.45. The van der Waals surface area contributed by atoms with Crippen molar-refractivity contribution < 1.29 is 5.11 Å². The number of unbranched alkanes of at least 4 members (excludes halogenated alkanes) is 2. The van der Waals surface area contributed by atoms with Gasteiger partial charge in [-0.25, -0.2) is 0 Å². The van der Waals surface area contributed by atoms with Crippen LogP contribution in [0.5, 0.6) is 0 Å². The molecule has 1 nitrogen and oxygen atoms in total. The smallest absolute Gasteiger partial charge is 0.0580 e. The molecule has 0 aliphatic heterocycles. The minimum absolute atomic E-state index is 0.168. The Labute approximate surface area is 99.5 Å². The first-order valence-corrected chi connectivity index (χ1v) is 6.52. The van der Waals surface area contributed by atoms with Crippen LogP contribution in [0.15, 0.2) is 24.3 Å². The van der Waals surface area contributed by atoms with Gasteiger partial charge in [0, 0.05) is 0 Å². The zero-order valence-corrected chi connectivity index (χ0v) is 10.6. The van der Waals surface area contributed by atoms with E-state index >= 15 is 0 Å². The molecule has 90 valence electrons. The van der Waals surface area contributed by atoms with Crippen molar-refractivity contribution in [3.63, 3.8) is 0 Å². The lowest BCUT2D eigenvalue weighted by atomic mass is 10.0. The Bertz CT molecular complexity index is 276. The Morgan fingerprint density at radius 3 is 2.19 bits per heavy atom. The molecule has 1 atom stereocenters. The van der Waals surface area contributed by atoms with Crippen molar-refractivity contribution in [2.45, 2.75) is 58.5 Å². The Morgan fingerprint density at radius 1 is 1.00 bits per heavy atom. The van der Waals surface area contributed by atoms with Crippen LogP contribution in [0.4, 0.5) is 0 Å². The highest BCUT2D eigenvalue weighted by Gasteiger charge is 2.04. The van der Waals surface area contributed by atoms with Crippen LogP contribution in [0.3, 0.4) is 0 Å². The first kappa shape index (κ1) is 13.2. The second-order valence-electron chi connectivity index (χ2n) is 4.52. The summed E-state index contributed by atoms with van der Waals surface area (Å²) in [6, 6.07) is 8.60. The summed E-state index contributed by atoms with van der Waals surface area (Å²) in [6.45, 7) is 4.35. The topological polar surface area (TPSA) is 20.2 Å². The van der Waals surface area contributed by atoms with Gasteiger partial charge in [0.05, 0.1) is 6.10 Å². The maximum absolute atomic E-state index is 9.86. The molecule has 0 aliphatic carbocycles. The molecular weight excluding hydrogens is 196 g/mol. The minimum Gasteiger partial charge on any atom is -0.393 e. The van der Waals surface area contributed by atoms with E-state index in [0.717, 1.165) is 25.7 Å². The van der Waals surface area contributed by atoms with Crippen molar-refractivity contribution in [3.8, 4) is 0 Å². The summed E-state index contributed by atoms with van der Waals surface area (Å²) in [6.07, 6.45) is 6.24. The first-order valence-electron chi connectivity index (χ1n) is 6.52. The van der Waals surface area contributed by atoms with E-state index in [4.69, 9.17) is 0 Å². The molecule has 0 aliphatic rings. The summed E-state index contributed by atoms with van der Waals surface area (Å²) < 4.78 is 0. The van der Waals surface area contributed by atoms with Crippen LogP contribution in [0, 0.1) is 0 Å². The molecule has 0 saturated carbocycles. The van der Waals surface area contributed by atoms with Crippen LogP contribution in [0.2, 0.25) is 0 Å². The van der Waals surface area contributed by atoms with Crippen LogP contribution in [0.25, 0.3) is 0 Å². The fraction of sp³-hybridized carbons (Fsp3) is 0.600. The maximum atomic E-state index is 9.86. The van der Waals surface area contributed by atoms with E-state index in [0.29, 0.717) is 0 Å². The maximum Gasteiger partial charge on any atom is 0.0580 e. The average molecular weight is 220 g/mol. The summed E-state index contributed by atoms with van der Waals surface area (Å²) in [5.41, 5.74) is 2.62. The van der Waals surface area contributed by atoms with Crippen LogP contribution in [0.1, 0.15) is 50.7 Å². The highest BCUT2D eigenvalue weighted by Crippen LogP contribution is 2.11. The molecule has 1 aromatic rings. The van der Waals surface area contributed by atoms with Gasteiger partial charge < -0.3 is 5.11 Å². The van der Waals surface area contributed by atoms with Gasteiger partial charge in [0.1, 0.15) is 0 Å². The van der Waals surface area contributed by atoms with Gasteiger partial charge in [-0.15, -0.1) is 0 Å². The molecule has 16 heavy (non-hydrogen) atoms. The van der Waals surface area contributed by atoms with Gasteiger partial charge in [0.25, 0.3) is 0 Å². The molecule has 0 aromatic heterocycles. The van der Waals surface area contributed by atoms with Crippen molar-refractivity contribution in [1.29, 1.82) is 0 Å². The van der Waals surface area contributed by atoms with Crippen LogP contribution < -0.4 is 0 Å². The van der Waals surface area contributed by atoms with E-state index in [1.54, 1.807) is 0 Å². The Balaban J connectivity index is 2.34. The molecule has 0 bridgehead atoms. The summed E-state index contributed by atoms with van der Waals surface area (Å²) in [5, 5.41) is 9.86. The van der Waals surface area contributed by atoms with E-state index in [9.17, 15) is 5.11 Å². The predicted octanol–water partition coefficient (Wildman–Crippen LogP) is 3.73. The molecule has 1 unspecified atom stereocenters. The summed E-state index contributed by atoms with van der Waals surface area (Å²) >= 11 is 0. The number of aliphatic hydroxyl groups is 1. The third kappa shape index (κ3) is 4.80. The molecule has 1 aromatic carbocycles. The molecule has 1 N–H and O–H groups in total. The van der Waals surface area contributed by atoms with E-state index in [2.05, 4.69) is 38.1 Å². The predicted molar refractivity (Wildman–Crippen MR) is 69.7 cm³/mol. The van der Waals surface area contributed by atoms with Gasteiger partial charge in [-0.2, -0.15) is 0 Å². The lowest BCUT2D eigenvalue weighted by Crippen LogP contribution is -2.10. The fourth-order valence-corrected chi connectivity index (χ4v) is 1.92. The fourth-order valence-electron chi connectivity index (χ4n) is 1.92. The zero-order valence-electron chi connectivity index (χ0n) is 10.6. The number of aryl methyl sites for hydroxylation is 1. The zero-order chi connectivity index (χ0) is 11.8. The van der Waals surface area contributed by atoms with E-state index in [-0.39, 0.29) is 6.10 Å². The monoisotopic (exact) mass is 220 g/mol. The number of aliphatic hydroxyl groups excluding tert-OH is 1. The number of rotatable bonds is 7. The number of hydrogen-bond acceptors (Lipinski definition) is 1. The van der Waals surface area contributed by atoms with Crippen LogP contribution >= 0.6 is 0 Å².